The Morgan fingerprint density at radius 3 is 2.61 bits per heavy atom. The summed E-state index contributed by atoms with van der Waals surface area (Å²) in [6.45, 7) is 0.904. The molecule has 1 heterocycles. The number of carbonyl (C=O) groups is 1. The van der Waals surface area contributed by atoms with Gasteiger partial charge in [0.05, 0.1) is 4.88 Å². The Bertz CT molecular complexity index is 478. The van der Waals surface area contributed by atoms with Gasteiger partial charge in [-0.15, -0.1) is 11.3 Å². The van der Waals surface area contributed by atoms with Crippen molar-refractivity contribution in [3.8, 4) is 0 Å². The molecule has 1 aromatic carbocycles. The third-order valence-electron chi connectivity index (χ3n) is 2.89. The van der Waals surface area contributed by atoms with E-state index in [1.165, 1.54) is 17.0 Å². The quantitative estimate of drug-likeness (QED) is 0.734. The van der Waals surface area contributed by atoms with Gasteiger partial charge in [-0.2, -0.15) is 0 Å². The smallest absolute Gasteiger partial charge is 0.172 e. The number of rotatable bonds is 6. The van der Waals surface area contributed by atoms with Crippen LogP contribution < -0.4 is 4.90 Å². The van der Waals surface area contributed by atoms with Crippen molar-refractivity contribution in [2.24, 2.45) is 0 Å². The van der Waals surface area contributed by atoms with Crippen molar-refractivity contribution in [2.45, 2.75) is 12.8 Å². The van der Waals surface area contributed by atoms with Gasteiger partial charge in [-0.05, 0) is 30.0 Å². The van der Waals surface area contributed by atoms with E-state index in [-0.39, 0.29) is 5.78 Å². The molecule has 3 heteroatoms. The van der Waals surface area contributed by atoms with Crippen LogP contribution in [0.5, 0.6) is 0 Å². The maximum Gasteiger partial charge on any atom is 0.172 e. The molecule has 94 valence electrons. The van der Waals surface area contributed by atoms with E-state index < -0.39 is 0 Å². The number of nitrogens with zero attached hydrogens (tertiary/aromatic N) is 1. The number of benzene rings is 1. The zero-order chi connectivity index (χ0) is 12.8. The molecule has 0 N–H and O–H groups in total. The molecule has 2 nitrogen and oxygen atoms in total. The van der Waals surface area contributed by atoms with Gasteiger partial charge in [0.25, 0.3) is 0 Å². The highest BCUT2D eigenvalue weighted by molar-refractivity contribution is 7.12. The fourth-order valence-electron chi connectivity index (χ4n) is 1.85. The Kier molecular flexibility index (Phi) is 4.53. The molecule has 0 aliphatic heterocycles. The molecule has 1 aromatic heterocycles. The minimum absolute atomic E-state index is 0.256. The topological polar surface area (TPSA) is 20.3 Å². The molecule has 0 fully saturated rings. The van der Waals surface area contributed by atoms with E-state index in [1.54, 1.807) is 0 Å². The number of hydrogen-bond acceptors (Lipinski definition) is 3. The Morgan fingerprint density at radius 2 is 1.94 bits per heavy atom. The predicted octanol–water partition coefficient (Wildman–Crippen LogP) is 3.85. The van der Waals surface area contributed by atoms with Crippen LogP contribution in [-0.4, -0.2) is 19.4 Å². The van der Waals surface area contributed by atoms with Crippen molar-refractivity contribution >= 4 is 22.8 Å². The molecule has 0 spiro atoms. The number of para-hydroxylation sites is 1. The van der Waals surface area contributed by atoms with E-state index in [2.05, 4.69) is 24.1 Å². The summed E-state index contributed by atoms with van der Waals surface area (Å²) in [6.07, 6.45) is 1.51. The Hall–Kier alpha value is -1.61. The van der Waals surface area contributed by atoms with Crippen LogP contribution >= 0.6 is 11.3 Å². The molecule has 0 atom stereocenters. The van der Waals surface area contributed by atoms with E-state index in [0.717, 1.165) is 17.8 Å². The van der Waals surface area contributed by atoms with Gasteiger partial charge in [0.15, 0.2) is 5.78 Å². The standard InChI is InChI=1S/C15H17NOS/c1-16(13-7-3-2-4-8-13)11-5-9-14(17)15-10-6-12-18-15/h2-4,6-8,10,12H,5,9,11H2,1H3. The van der Waals surface area contributed by atoms with Gasteiger partial charge in [0.1, 0.15) is 0 Å². The summed E-state index contributed by atoms with van der Waals surface area (Å²) < 4.78 is 0. The van der Waals surface area contributed by atoms with E-state index in [1.807, 2.05) is 35.7 Å². The molecule has 0 bridgehead atoms. The minimum Gasteiger partial charge on any atom is -0.375 e. The predicted molar refractivity (Wildman–Crippen MR) is 77.6 cm³/mol. The van der Waals surface area contributed by atoms with E-state index >= 15 is 0 Å². The van der Waals surface area contributed by atoms with Crippen LogP contribution in [0.3, 0.4) is 0 Å². The van der Waals surface area contributed by atoms with Crippen LogP contribution in [-0.2, 0) is 0 Å². The van der Waals surface area contributed by atoms with Crippen molar-refractivity contribution in [3.63, 3.8) is 0 Å². The summed E-state index contributed by atoms with van der Waals surface area (Å²) >= 11 is 1.52. The van der Waals surface area contributed by atoms with Crippen LogP contribution in [0.1, 0.15) is 22.5 Å². The first-order chi connectivity index (χ1) is 8.77. The average molecular weight is 259 g/mol. The number of hydrogen-bond donors (Lipinski definition) is 0. The number of carbonyl (C=O) groups excluding carboxylic acids is 1. The van der Waals surface area contributed by atoms with Crippen LogP contribution in [0, 0.1) is 0 Å². The third-order valence-corrected chi connectivity index (χ3v) is 3.80. The second-order valence-corrected chi connectivity index (χ2v) is 5.21. The van der Waals surface area contributed by atoms with E-state index in [0.29, 0.717) is 6.42 Å². The summed E-state index contributed by atoms with van der Waals surface area (Å²) in [5, 5.41) is 1.95. The molecule has 0 aliphatic carbocycles. The maximum atomic E-state index is 11.8. The van der Waals surface area contributed by atoms with Crippen molar-refractivity contribution in [1.82, 2.24) is 0 Å². The van der Waals surface area contributed by atoms with E-state index in [9.17, 15) is 4.79 Å². The van der Waals surface area contributed by atoms with Crippen LogP contribution in [0.15, 0.2) is 47.8 Å². The van der Waals surface area contributed by atoms with Gasteiger partial charge in [0, 0.05) is 25.7 Å². The summed E-state index contributed by atoms with van der Waals surface area (Å²) in [6, 6.07) is 14.1. The lowest BCUT2D eigenvalue weighted by Crippen LogP contribution is -2.19. The van der Waals surface area contributed by atoms with Crippen molar-refractivity contribution in [2.75, 3.05) is 18.5 Å². The lowest BCUT2D eigenvalue weighted by Gasteiger charge is -2.18. The van der Waals surface area contributed by atoms with Crippen LogP contribution in [0.4, 0.5) is 5.69 Å². The first-order valence-corrected chi connectivity index (χ1v) is 6.98. The summed E-state index contributed by atoms with van der Waals surface area (Å²) in [4.78, 5) is 14.9. The molecular formula is C15H17NOS. The van der Waals surface area contributed by atoms with Gasteiger partial charge >= 0.3 is 0 Å². The van der Waals surface area contributed by atoms with Gasteiger partial charge in [-0.3, -0.25) is 4.79 Å². The molecule has 0 amide bonds. The normalized spacial score (nSPS) is 10.3. The van der Waals surface area contributed by atoms with Gasteiger partial charge in [0.2, 0.25) is 0 Å². The molecule has 0 unspecified atom stereocenters. The fraction of sp³-hybridized carbons (Fsp3) is 0.267. The zero-order valence-corrected chi connectivity index (χ0v) is 11.3. The molecule has 2 aromatic rings. The third kappa shape index (κ3) is 3.44. The fourth-order valence-corrected chi connectivity index (χ4v) is 2.54. The lowest BCUT2D eigenvalue weighted by molar-refractivity contribution is 0.0984. The SMILES string of the molecule is CN(CCCC(=O)c1cccs1)c1ccccc1. The van der Waals surface area contributed by atoms with Crippen LogP contribution in [0.2, 0.25) is 0 Å². The van der Waals surface area contributed by atoms with Crippen LogP contribution in [0.25, 0.3) is 0 Å². The van der Waals surface area contributed by atoms with Gasteiger partial charge < -0.3 is 4.90 Å². The van der Waals surface area contributed by atoms with E-state index in [4.69, 9.17) is 0 Å². The largest absolute Gasteiger partial charge is 0.375 e. The number of Topliss-reactive ketones (excluding diaryl/α,β-unsaturated/α-hetero) is 1. The second kappa shape index (κ2) is 6.36. The van der Waals surface area contributed by atoms with Gasteiger partial charge in [-0.1, -0.05) is 24.3 Å². The molecule has 0 radical (unpaired) electrons. The average Bonchev–Trinajstić information content (AvgIpc) is 2.93. The Balaban J connectivity index is 1.77. The summed E-state index contributed by atoms with van der Waals surface area (Å²) in [5.74, 6) is 0.256. The number of anilines is 1. The molecule has 18 heavy (non-hydrogen) atoms. The Morgan fingerprint density at radius 1 is 1.17 bits per heavy atom. The number of ketones is 1. The Labute approximate surface area is 112 Å². The summed E-state index contributed by atoms with van der Waals surface area (Å²) in [7, 11) is 2.06. The highest BCUT2D eigenvalue weighted by Crippen LogP contribution is 2.14. The minimum atomic E-state index is 0.256. The maximum absolute atomic E-state index is 11.8. The highest BCUT2D eigenvalue weighted by atomic mass is 32.1. The molecule has 0 saturated heterocycles. The second-order valence-electron chi connectivity index (χ2n) is 4.26. The lowest BCUT2D eigenvalue weighted by atomic mass is 10.2. The van der Waals surface area contributed by atoms with Gasteiger partial charge in [-0.25, -0.2) is 0 Å². The molecular weight excluding hydrogens is 242 g/mol. The van der Waals surface area contributed by atoms with Crippen molar-refractivity contribution in [1.29, 1.82) is 0 Å². The molecule has 0 aliphatic rings. The van der Waals surface area contributed by atoms with Crippen molar-refractivity contribution in [3.05, 3.63) is 52.7 Å². The first-order valence-electron chi connectivity index (χ1n) is 6.10. The molecule has 2 rings (SSSR count). The monoisotopic (exact) mass is 259 g/mol. The van der Waals surface area contributed by atoms with Crippen molar-refractivity contribution < 1.29 is 4.79 Å². The zero-order valence-electron chi connectivity index (χ0n) is 10.5. The molecule has 0 saturated carbocycles. The highest BCUT2D eigenvalue weighted by Gasteiger charge is 2.07. The first kappa shape index (κ1) is 12.8. The number of thiophene rings is 1. The summed E-state index contributed by atoms with van der Waals surface area (Å²) in [5.41, 5.74) is 1.20.